The molecule has 1 saturated carbocycles. The van der Waals surface area contributed by atoms with Crippen LogP contribution in [-0.2, 0) is 9.59 Å². The molecule has 8 heteroatoms. The van der Waals surface area contributed by atoms with E-state index in [1.54, 1.807) is 12.1 Å². The molecule has 0 radical (unpaired) electrons. The second-order valence-electron chi connectivity index (χ2n) is 8.70. The number of nitrogens with two attached hydrogens (primary N) is 1. The monoisotopic (exact) mass is 481 g/mol. The first-order valence-electron chi connectivity index (χ1n) is 11.6. The fourth-order valence-corrected chi connectivity index (χ4v) is 5.77. The molecular weight excluding hydrogens is 450 g/mol. The van der Waals surface area contributed by atoms with Crippen molar-refractivity contribution in [3.05, 3.63) is 59.0 Å². The highest BCUT2D eigenvalue weighted by Crippen LogP contribution is 2.42. The maximum absolute atomic E-state index is 13.6. The number of hydrogen-bond acceptors (Lipinski definition) is 6. The Morgan fingerprint density at radius 2 is 1.94 bits per heavy atom. The van der Waals surface area contributed by atoms with Gasteiger partial charge in [0.15, 0.2) is 23.6 Å². The number of primary amides is 1. The number of nitrogens with zero attached hydrogens (tertiary/aromatic N) is 1. The molecule has 4 rings (SSSR count). The van der Waals surface area contributed by atoms with Gasteiger partial charge < -0.3 is 25.4 Å². The summed E-state index contributed by atoms with van der Waals surface area (Å²) in [6.07, 6.45) is 6.41. The van der Waals surface area contributed by atoms with Crippen LogP contribution in [-0.4, -0.2) is 42.0 Å². The molecule has 1 unspecified atom stereocenters. The van der Waals surface area contributed by atoms with E-state index in [-0.39, 0.29) is 24.1 Å². The van der Waals surface area contributed by atoms with E-state index >= 15 is 0 Å². The molecule has 2 aromatic carbocycles. The number of ether oxygens (including phenoxy) is 2. The van der Waals surface area contributed by atoms with Gasteiger partial charge in [0.2, 0.25) is 0 Å². The van der Waals surface area contributed by atoms with Gasteiger partial charge in [0.05, 0.1) is 12.0 Å². The highest BCUT2D eigenvalue weighted by molar-refractivity contribution is 8.05. The molecule has 3 atom stereocenters. The van der Waals surface area contributed by atoms with E-state index in [1.165, 1.54) is 25.3 Å². The third kappa shape index (κ3) is 5.50. The van der Waals surface area contributed by atoms with E-state index in [2.05, 4.69) is 12.2 Å². The van der Waals surface area contributed by atoms with Crippen molar-refractivity contribution in [3.8, 4) is 11.5 Å². The second-order valence-corrected chi connectivity index (χ2v) is 9.82. The molecule has 180 valence electrons. The number of carbonyl (C=O) groups excluding carboxylic acids is 2. The lowest BCUT2D eigenvalue weighted by molar-refractivity contribution is -0.129. The predicted molar refractivity (Wildman–Crippen MR) is 135 cm³/mol. The molecule has 3 N–H and O–H groups in total. The van der Waals surface area contributed by atoms with E-state index in [1.807, 2.05) is 47.4 Å². The number of rotatable bonds is 8. The lowest BCUT2D eigenvalue weighted by Crippen LogP contribution is -2.48. The Bertz CT molecular complexity index is 1060. The Kier molecular flexibility index (Phi) is 7.67. The minimum atomic E-state index is -0.560. The predicted octanol–water partition coefficient (Wildman–Crippen LogP) is 4.45. The number of nitrogens with one attached hydrogen (secondary N) is 1. The molecule has 2 aromatic rings. The van der Waals surface area contributed by atoms with Gasteiger partial charge in [0, 0.05) is 11.7 Å². The SMILES string of the molecule is COc1cc(/C=C2\SC(Nc3ccccc3)N([C@H]3CCCC[C@H]3C)C2=O)ccc1OCC(N)=O. The van der Waals surface area contributed by atoms with Gasteiger partial charge in [-0.25, -0.2) is 0 Å². The third-order valence-corrected chi connectivity index (χ3v) is 7.39. The number of amides is 2. The van der Waals surface area contributed by atoms with Crippen LogP contribution in [0.2, 0.25) is 0 Å². The standard InChI is InChI=1S/C26H31N3O4S/c1-17-8-6-7-11-20(17)29-25(31)23(34-26(29)28-19-9-4-3-5-10-19)15-18-12-13-21(22(14-18)32-2)33-16-24(27)30/h3-5,9-10,12-15,17,20,26,28H,6-8,11,16H2,1-2H3,(H2,27,30)/b23-15-/t17-,20+,26?/m1/s1. The normalized spacial score (nSPS) is 23.7. The van der Waals surface area contributed by atoms with Crippen LogP contribution in [0.1, 0.15) is 38.2 Å². The molecule has 34 heavy (non-hydrogen) atoms. The third-order valence-electron chi connectivity index (χ3n) is 6.28. The Morgan fingerprint density at radius 1 is 1.18 bits per heavy atom. The van der Waals surface area contributed by atoms with Crippen molar-refractivity contribution in [3.63, 3.8) is 0 Å². The number of anilines is 1. The zero-order chi connectivity index (χ0) is 24.1. The van der Waals surface area contributed by atoms with Crippen LogP contribution in [0.15, 0.2) is 53.4 Å². The summed E-state index contributed by atoms with van der Waals surface area (Å²) in [5.74, 6) is 0.845. The lowest BCUT2D eigenvalue weighted by atomic mass is 9.85. The van der Waals surface area contributed by atoms with Crippen LogP contribution in [0, 0.1) is 5.92 Å². The zero-order valence-corrected chi connectivity index (χ0v) is 20.3. The largest absolute Gasteiger partial charge is 0.493 e. The van der Waals surface area contributed by atoms with E-state index in [0.29, 0.717) is 22.3 Å². The quantitative estimate of drug-likeness (QED) is 0.541. The molecule has 1 aliphatic heterocycles. The number of benzene rings is 2. The topological polar surface area (TPSA) is 93.9 Å². The van der Waals surface area contributed by atoms with Crippen molar-refractivity contribution in [2.45, 2.75) is 44.1 Å². The molecule has 0 spiro atoms. The van der Waals surface area contributed by atoms with Crippen LogP contribution in [0.5, 0.6) is 11.5 Å². The molecule has 1 heterocycles. The maximum atomic E-state index is 13.6. The first kappa shape index (κ1) is 24.0. The molecule has 7 nitrogen and oxygen atoms in total. The summed E-state index contributed by atoms with van der Waals surface area (Å²) in [5, 5.41) is 3.55. The zero-order valence-electron chi connectivity index (χ0n) is 19.5. The fraction of sp³-hybridized carbons (Fsp3) is 0.385. The first-order chi connectivity index (χ1) is 16.5. The molecule has 0 bridgehead atoms. The Morgan fingerprint density at radius 3 is 2.65 bits per heavy atom. The van der Waals surface area contributed by atoms with Crippen molar-refractivity contribution >= 4 is 35.3 Å². The van der Waals surface area contributed by atoms with Crippen molar-refractivity contribution in [2.24, 2.45) is 11.7 Å². The van der Waals surface area contributed by atoms with Gasteiger partial charge in [-0.3, -0.25) is 9.59 Å². The van der Waals surface area contributed by atoms with Crippen LogP contribution < -0.4 is 20.5 Å². The van der Waals surface area contributed by atoms with E-state index in [9.17, 15) is 9.59 Å². The van der Waals surface area contributed by atoms with E-state index in [0.717, 1.165) is 30.5 Å². The van der Waals surface area contributed by atoms with Crippen LogP contribution in [0.3, 0.4) is 0 Å². The second kappa shape index (κ2) is 10.9. The number of hydrogen-bond donors (Lipinski definition) is 2. The van der Waals surface area contributed by atoms with Gasteiger partial charge in [-0.15, -0.1) is 0 Å². The summed E-state index contributed by atoms with van der Waals surface area (Å²) in [5.41, 5.74) is 6.80. The van der Waals surface area contributed by atoms with Crippen molar-refractivity contribution in [1.29, 1.82) is 0 Å². The number of para-hydroxylation sites is 1. The molecule has 0 aromatic heterocycles. The van der Waals surface area contributed by atoms with Crippen LogP contribution in [0.4, 0.5) is 5.69 Å². The highest BCUT2D eigenvalue weighted by atomic mass is 32.2. The number of methoxy groups -OCH3 is 1. The molecule has 2 fully saturated rings. The summed E-state index contributed by atoms with van der Waals surface area (Å²) < 4.78 is 10.8. The summed E-state index contributed by atoms with van der Waals surface area (Å²) in [6, 6.07) is 15.6. The average molecular weight is 482 g/mol. The summed E-state index contributed by atoms with van der Waals surface area (Å²) in [7, 11) is 1.53. The fourth-order valence-electron chi connectivity index (χ4n) is 4.56. The molecule has 1 aliphatic carbocycles. The summed E-state index contributed by atoms with van der Waals surface area (Å²) in [6.45, 7) is 2.02. The van der Waals surface area contributed by atoms with Crippen molar-refractivity contribution < 1.29 is 19.1 Å². The highest BCUT2D eigenvalue weighted by Gasteiger charge is 2.42. The molecular formula is C26H31N3O4S. The van der Waals surface area contributed by atoms with Crippen LogP contribution >= 0.6 is 11.8 Å². The van der Waals surface area contributed by atoms with Gasteiger partial charge in [-0.2, -0.15) is 0 Å². The van der Waals surface area contributed by atoms with Gasteiger partial charge >= 0.3 is 0 Å². The van der Waals surface area contributed by atoms with Crippen molar-refractivity contribution in [1.82, 2.24) is 4.90 Å². The Labute approximate surface area is 204 Å². The minimum Gasteiger partial charge on any atom is -0.493 e. The lowest BCUT2D eigenvalue weighted by Gasteiger charge is -2.39. The molecule has 2 aliphatic rings. The average Bonchev–Trinajstić information content (AvgIpc) is 3.13. The van der Waals surface area contributed by atoms with Gasteiger partial charge in [-0.05, 0) is 54.7 Å². The Balaban J connectivity index is 1.61. The van der Waals surface area contributed by atoms with E-state index < -0.39 is 5.91 Å². The van der Waals surface area contributed by atoms with Gasteiger partial charge in [0.25, 0.3) is 11.8 Å². The Hall–Kier alpha value is -3.13. The smallest absolute Gasteiger partial charge is 0.262 e. The van der Waals surface area contributed by atoms with Crippen LogP contribution in [0.25, 0.3) is 6.08 Å². The molecule has 2 amide bonds. The maximum Gasteiger partial charge on any atom is 0.262 e. The summed E-state index contributed by atoms with van der Waals surface area (Å²) >= 11 is 1.54. The molecule has 1 saturated heterocycles. The summed E-state index contributed by atoms with van der Waals surface area (Å²) in [4.78, 5) is 27.4. The van der Waals surface area contributed by atoms with E-state index in [4.69, 9.17) is 15.2 Å². The number of carbonyl (C=O) groups is 2. The van der Waals surface area contributed by atoms with Crippen molar-refractivity contribution in [2.75, 3.05) is 19.0 Å². The van der Waals surface area contributed by atoms with Gasteiger partial charge in [0.1, 0.15) is 0 Å². The van der Waals surface area contributed by atoms with Gasteiger partial charge in [-0.1, -0.05) is 55.8 Å². The minimum absolute atomic E-state index is 0.0465. The number of thioether (sulfide) groups is 1. The first-order valence-corrected chi connectivity index (χ1v) is 12.5.